The fraction of sp³-hybridized carbons (Fsp3) is 0.353. The molecule has 1 aromatic heterocycles. The molecule has 2 aromatic rings. The van der Waals surface area contributed by atoms with Crippen molar-refractivity contribution in [2.75, 3.05) is 23.7 Å². The summed E-state index contributed by atoms with van der Waals surface area (Å²) in [6, 6.07) is 7.04. The zero-order valence-electron chi connectivity index (χ0n) is 12.9. The molecule has 0 radical (unpaired) electrons. The normalized spacial score (nSPS) is 18.0. The smallest absolute Gasteiger partial charge is 0.100 e. The SMILES string of the molecule is C=C1Nc2ccc(-c3cnc(C4CN(C(C)C)C4)s3)cc2N1. The van der Waals surface area contributed by atoms with Crippen molar-refractivity contribution in [3.05, 3.63) is 41.8 Å². The van der Waals surface area contributed by atoms with Gasteiger partial charge in [0.1, 0.15) is 5.82 Å². The number of likely N-dealkylation sites (tertiary alicyclic amines) is 1. The molecular weight excluding hydrogens is 292 g/mol. The summed E-state index contributed by atoms with van der Waals surface area (Å²) < 4.78 is 0. The van der Waals surface area contributed by atoms with Crippen LogP contribution in [0.2, 0.25) is 0 Å². The van der Waals surface area contributed by atoms with Crippen LogP contribution in [0.3, 0.4) is 0 Å². The van der Waals surface area contributed by atoms with E-state index in [4.69, 9.17) is 0 Å². The lowest BCUT2D eigenvalue weighted by molar-refractivity contribution is 0.110. The molecule has 0 saturated carbocycles. The number of benzene rings is 1. The number of fused-ring (bicyclic) bond motifs is 1. The van der Waals surface area contributed by atoms with Crippen molar-refractivity contribution in [2.45, 2.75) is 25.8 Å². The Bertz CT molecular complexity index is 728. The minimum absolute atomic E-state index is 0.607. The predicted molar refractivity (Wildman–Crippen MR) is 93.4 cm³/mol. The van der Waals surface area contributed by atoms with Gasteiger partial charge in [-0.05, 0) is 31.5 Å². The molecule has 3 heterocycles. The van der Waals surface area contributed by atoms with Crippen LogP contribution in [0.25, 0.3) is 10.4 Å². The van der Waals surface area contributed by atoms with Crippen LogP contribution in [0.1, 0.15) is 24.8 Å². The largest absolute Gasteiger partial charge is 0.341 e. The summed E-state index contributed by atoms with van der Waals surface area (Å²) in [4.78, 5) is 8.38. The van der Waals surface area contributed by atoms with E-state index in [-0.39, 0.29) is 0 Å². The molecule has 2 aliphatic rings. The third kappa shape index (κ3) is 2.30. The molecule has 1 fully saturated rings. The first-order valence-electron chi connectivity index (χ1n) is 7.67. The van der Waals surface area contributed by atoms with E-state index >= 15 is 0 Å². The number of aromatic nitrogens is 1. The topological polar surface area (TPSA) is 40.2 Å². The van der Waals surface area contributed by atoms with Gasteiger partial charge >= 0.3 is 0 Å². The summed E-state index contributed by atoms with van der Waals surface area (Å²) in [6.45, 7) is 10.7. The van der Waals surface area contributed by atoms with Gasteiger partial charge in [-0.2, -0.15) is 0 Å². The van der Waals surface area contributed by atoms with Crippen LogP contribution in [0, 0.1) is 0 Å². The Morgan fingerprint density at radius 2 is 2.05 bits per heavy atom. The second-order valence-electron chi connectivity index (χ2n) is 6.30. The quantitative estimate of drug-likeness (QED) is 0.901. The molecule has 4 rings (SSSR count). The van der Waals surface area contributed by atoms with Crippen molar-refractivity contribution in [1.29, 1.82) is 0 Å². The number of anilines is 2. The minimum Gasteiger partial charge on any atom is -0.341 e. The molecule has 4 nitrogen and oxygen atoms in total. The van der Waals surface area contributed by atoms with Crippen LogP contribution in [-0.4, -0.2) is 29.0 Å². The third-order valence-corrected chi connectivity index (χ3v) is 5.60. The van der Waals surface area contributed by atoms with Crippen molar-refractivity contribution in [1.82, 2.24) is 9.88 Å². The molecule has 0 bridgehead atoms. The molecule has 2 aliphatic heterocycles. The molecule has 0 amide bonds. The molecule has 0 atom stereocenters. The molecule has 0 aliphatic carbocycles. The van der Waals surface area contributed by atoms with Crippen molar-refractivity contribution < 1.29 is 0 Å². The van der Waals surface area contributed by atoms with E-state index in [1.807, 2.05) is 17.5 Å². The van der Waals surface area contributed by atoms with E-state index in [0.29, 0.717) is 12.0 Å². The number of hydrogen-bond donors (Lipinski definition) is 2. The standard InChI is InChI=1S/C17H20N4S/c1-10(2)21-8-13(9-21)17-18-7-16(22-17)12-4-5-14-15(6-12)20-11(3)19-14/h4-7,10,13,19-20H,3,8-9H2,1-2H3. The lowest BCUT2D eigenvalue weighted by Crippen LogP contribution is -2.48. The summed E-state index contributed by atoms with van der Waals surface area (Å²) in [5.41, 5.74) is 3.39. The zero-order chi connectivity index (χ0) is 15.3. The highest BCUT2D eigenvalue weighted by Gasteiger charge is 2.31. The van der Waals surface area contributed by atoms with Crippen LogP contribution < -0.4 is 10.6 Å². The summed E-state index contributed by atoms with van der Waals surface area (Å²) in [6.07, 6.45) is 2.01. The van der Waals surface area contributed by atoms with Crippen molar-refractivity contribution >= 4 is 22.7 Å². The van der Waals surface area contributed by atoms with Gasteiger partial charge in [0.25, 0.3) is 0 Å². The molecular formula is C17H20N4S. The number of nitrogens with zero attached hydrogens (tertiary/aromatic N) is 2. The maximum atomic E-state index is 4.66. The first-order chi connectivity index (χ1) is 10.6. The number of hydrogen-bond acceptors (Lipinski definition) is 5. The molecule has 0 unspecified atom stereocenters. The van der Waals surface area contributed by atoms with E-state index in [1.54, 1.807) is 0 Å². The van der Waals surface area contributed by atoms with Gasteiger partial charge in [0.15, 0.2) is 0 Å². The van der Waals surface area contributed by atoms with Crippen molar-refractivity contribution in [3.63, 3.8) is 0 Å². The number of nitrogens with one attached hydrogen (secondary N) is 2. The van der Waals surface area contributed by atoms with E-state index in [1.165, 1.54) is 15.4 Å². The average Bonchev–Trinajstić information content (AvgIpc) is 3.01. The first-order valence-corrected chi connectivity index (χ1v) is 8.49. The Balaban J connectivity index is 1.53. The van der Waals surface area contributed by atoms with Crippen LogP contribution in [-0.2, 0) is 0 Å². The highest BCUT2D eigenvalue weighted by Crippen LogP contribution is 2.38. The van der Waals surface area contributed by atoms with Gasteiger partial charge in [-0.15, -0.1) is 11.3 Å². The number of rotatable bonds is 3. The maximum absolute atomic E-state index is 4.66. The monoisotopic (exact) mass is 312 g/mol. The van der Waals surface area contributed by atoms with E-state index < -0.39 is 0 Å². The predicted octanol–water partition coefficient (Wildman–Crippen LogP) is 3.93. The van der Waals surface area contributed by atoms with Crippen LogP contribution in [0.4, 0.5) is 11.4 Å². The first kappa shape index (κ1) is 13.8. The fourth-order valence-electron chi connectivity index (χ4n) is 2.97. The molecule has 0 spiro atoms. The second kappa shape index (κ2) is 5.11. The minimum atomic E-state index is 0.607. The van der Waals surface area contributed by atoms with Crippen molar-refractivity contribution in [2.24, 2.45) is 0 Å². The lowest BCUT2D eigenvalue weighted by Gasteiger charge is -2.41. The highest BCUT2D eigenvalue weighted by atomic mass is 32.1. The molecule has 114 valence electrons. The summed E-state index contributed by atoms with van der Waals surface area (Å²) >= 11 is 1.82. The van der Waals surface area contributed by atoms with E-state index in [9.17, 15) is 0 Å². The summed E-state index contributed by atoms with van der Waals surface area (Å²) in [5.74, 6) is 1.44. The van der Waals surface area contributed by atoms with Crippen LogP contribution >= 0.6 is 11.3 Å². The Kier molecular flexibility index (Phi) is 3.20. The Hall–Kier alpha value is -1.85. The Morgan fingerprint density at radius 1 is 1.27 bits per heavy atom. The lowest BCUT2D eigenvalue weighted by atomic mass is 9.99. The Labute approximate surface area is 134 Å². The van der Waals surface area contributed by atoms with Gasteiger partial charge in [-0.25, -0.2) is 4.98 Å². The molecule has 1 saturated heterocycles. The molecule has 2 N–H and O–H groups in total. The van der Waals surface area contributed by atoms with Gasteiger partial charge in [0.05, 0.1) is 21.3 Å². The third-order valence-electron chi connectivity index (χ3n) is 4.39. The Morgan fingerprint density at radius 3 is 2.82 bits per heavy atom. The van der Waals surface area contributed by atoms with E-state index in [2.05, 4.69) is 59.1 Å². The summed E-state index contributed by atoms with van der Waals surface area (Å²) in [5, 5.41) is 7.73. The van der Waals surface area contributed by atoms with Gasteiger partial charge in [-0.1, -0.05) is 12.6 Å². The van der Waals surface area contributed by atoms with Crippen molar-refractivity contribution in [3.8, 4) is 10.4 Å². The molecule has 5 heteroatoms. The average molecular weight is 312 g/mol. The fourth-order valence-corrected chi connectivity index (χ4v) is 3.96. The maximum Gasteiger partial charge on any atom is 0.100 e. The molecule has 1 aromatic carbocycles. The highest BCUT2D eigenvalue weighted by molar-refractivity contribution is 7.15. The zero-order valence-corrected chi connectivity index (χ0v) is 13.7. The van der Waals surface area contributed by atoms with Gasteiger partial charge < -0.3 is 10.6 Å². The van der Waals surface area contributed by atoms with Crippen LogP contribution in [0.15, 0.2) is 36.8 Å². The summed E-state index contributed by atoms with van der Waals surface area (Å²) in [7, 11) is 0. The van der Waals surface area contributed by atoms with Gasteiger partial charge in [0.2, 0.25) is 0 Å². The molecule has 22 heavy (non-hydrogen) atoms. The van der Waals surface area contributed by atoms with Gasteiger partial charge in [-0.3, -0.25) is 4.90 Å². The number of thiazole rings is 1. The second-order valence-corrected chi connectivity index (χ2v) is 7.36. The van der Waals surface area contributed by atoms with E-state index in [0.717, 1.165) is 30.3 Å². The van der Waals surface area contributed by atoms with Gasteiger partial charge in [0, 0.05) is 31.2 Å². The van der Waals surface area contributed by atoms with Crippen LogP contribution in [0.5, 0.6) is 0 Å².